The van der Waals surface area contributed by atoms with Crippen molar-refractivity contribution >= 4 is 41.5 Å². The molecule has 1 aromatic rings. The highest BCUT2D eigenvalue weighted by Crippen LogP contribution is 2.04. The van der Waals surface area contributed by atoms with Crippen LogP contribution < -0.4 is 10.6 Å². The predicted octanol–water partition coefficient (Wildman–Crippen LogP) is 2.72. The number of nitrogens with zero attached hydrogens (tertiary/aromatic N) is 2. The Balaban J connectivity index is 0.00000441. The van der Waals surface area contributed by atoms with Crippen molar-refractivity contribution in [2.24, 2.45) is 4.99 Å². The lowest BCUT2D eigenvalue weighted by atomic mass is 10.3. The maximum atomic E-state index is 11.9. The SMILES string of the molecule is C=CCCCN(C)C(=NC)NCC(=O)Nc1ccccc1.I. The van der Waals surface area contributed by atoms with Gasteiger partial charge in [0.15, 0.2) is 5.96 Å². The smallest absolute Gasteiger partial charge is 0.243 e. The molecular weight excluding hydrogens is 391 g/mol. The van der Waals surface area contributed by atoms with Crippen LogP contribution in [0.4, 0.5) is 5.69 Å². The van der Waals surface area contributed by atoms with E-state index < -0.39 is 0 Å². The summed E-state index contributed by atoms with van der Waals surface area (Å²) in [5.41, 5.74) is 0.790. The molecule has 0 unspecified atom stereocenters. The second-order valence-corrected chi connectivity index (χ2v) is 4.67. The van der Waals surface area contributed by atoms with E-state index in [2.05, 4.69) is 22.2 Å². The van der Waals surface area contributed by atoms with Gasteiger partial charge < -0.3 is 15.5 Å². The number of rotatable bonds is 7. The summed E-state index contributed by atoms with van der Waals surface area (Å²) in [7, 11) is 3.66. The van der Waals surface area contributed by atoms with Gasteiger partial charge in [0, 0.05) is 26.3 Å². The van der Waals surface area contributed by atoms with Gasteiger partial charge in [-0.05, 0) is 25.0 Å². The molecule has 6 heteroatoms. The fourth-order valence-corrected chi connectivity index (χ4v) is 1.85. The van der Waals surface area contributed by atoms with Crippen LogP contribution in [0.15, 0.2) is 48.0 Å². The van der Waals surface area contributed by atoms with E-state index in [1.54, 1.807) is 7.05 Å². The number of benzene rings is 1. The van der Waals surface area contributed by atoms with Crippen molar-refractivity contribution in [2.75, 3.05) is 32.5 Å². The molecule has 5 nitrogen and oxygen atoms in total. The number of carbonyl (C=O) groups excluding carboxylic acids is 1. The summed E-state index contributed by atoms with van der Waals surface area (Å²) in [5.74, 6) is 0.615. The number of para-hydroxylation sites is 1. The summed E-state index contributed by atoms with van der Waals surface area (Å²) in [4.78, 5) is 18.0. The zero-order valence-electron chi connectivity index (χ0n) is 13.2. The predicted molar refractivity (Wildman–Crippen MR) is 104 cm³/mol. The third kappa shape index (κ3) is 8.02. The van der Waals surface area contributed by atoms with Crippen LogP contribution >= 0.6 is 24.0 Å². The van der Waals surface area contributed by atoms with Crippen LogP contribution in [0, 0.1) is 0 Å². The highest BCUT2D eigenvalue weighted by atomic mass is 127. The number of amides is 1. The largest absolute Gasteiger partial charge is 0.347 e. The Hall–Kier alpha value is -1.57. The topological polar surface area (TPSA) is 56.7 Å². The van der Waals surface area contributed by atoms with Crippen molar-refractivity contribution in [2.45, 2.75) is 12.8 Å². The molecule has 0 heterocycles. The van der Waals surface area contributed by atoms with Gasteiger partial charge in [0.1, 0.15) is 0 Å². The van der Waals surface area contributed by atoms with E-state index in [0.29, 0.717) is 5.96 Å². The van der Waals surface area contributed by atoms with Crippen LogP contribution in [-0.2, 0) is 4.79 Å². The summed E-state index contributed by atoms with van der Waals surface area (Å²) in [6.45, 7) is 4.76. The highest BCUT2D eigenvalue weighted by Gasteiger charge is 2.07. The van der Waals surface area contributed by atoms with Crippen molar-refractivity contribution in [3.05, 3.63) is 43.0 Å². The molecule has 0 saturated carbocycles. The van der Waals surface area contributed by atoms with Gasteiger partial charge >= 0.3 is 0 Å². The number of nitrogens with one attached hydrogen (secondary N) is 2. The third-order valence-electron chi connectivity index (χ3n) is 2.94. The fourth-order valence-electron chi connectivity index (χ4n) is 1.85. The molecule has 22 heavy (non-hydrogen) atoms. The van der Waals surface area contributed by atoms with E-state index in [4.69, 9.17) is 0 Å². The van der Waals surface area contributed by atoms with Crippen molar-refractivity contribution in [1.29, 1.82) is 0 Å². The Morgan fingerprint density at radius 3 is 2.64 bits per heavy atom. The minimum absolute atomic E-state index is 0. The Kier molecular flexibility index (Phi) is 11.2. The Bertz CT molecular complexity index is 476. The van der Waals surface area contributed by atoms with Gasteiger partial charge in [-0.2, -0.15) is 0 Å². The third-order valence-corrected chi connectivity index (χ3v) is 2.94. The van der Waals surface area contributed by atoms with Crippen LogP contribution in [0.2, 0.25) is 0 Å². The highest BCUT2D eigenvalue weighted by molar-refractivity contribution is 14.0. The van der Waals surface area contributed by atoms with E-state index in [1.165, 1.54) is 0 Å². The molecule has 1 amide bonds. The molecule has 0 bridgehead atoms. The van der Waals surface area contributed by atoms with Crippen LogP contribution in [0.1, 0.15) is 12.8 Å². The lowest BCUT2D eigenvalue weighted by Gasteiger charge is -2.21. The zero-order chi connectivity index (χ0) is 15.5. The first kappa shape index (κ1) is 20.4. The number of guanidine groups is 1. The van der Waals surface area contributed by atoms with E-state index in [9.17, 15) is 4.79 Å². The van der Waals surface area contributed by atoms with Crippen molar-refractivity contribution in [3.63, 3.8) is 0 Å². The van der Waals surface area contributed by atoms with Crippen LogP contribution in [0.5, 0.6) is 0 Å². The minimum atomic E-state index is -0.0955. The molecule has 122 valence electrons. The van der Waals surface area contributed by atoms with Crippen molar-refractivity contribution in [3.8, 4) is 0 Å². The van der Waals surface area contributed by atoms with Gasteiger partial charge in [0.05, 0.1) is 6.54 Å². The van der Waals surface area contributed by atoms with Crippen LogP contribution in [0.3, 0.4) is 0 Å². The second-order valence-electron chi connectivity index (χ2n) is 4.67. The number of allylic oxidation sites excluding steroid dienone is 1. The van der Waals surface area contributed by atoms with Gasteiger partial charge in [0.2, 0.25) is 5.91 Å². The molecule has 0 aliphatic carbocycles. The first-order chi connectivity index (χ1) is 10.2. The average Bonchev–Trinajstić information content (AvgIpc) is 2.49. The lowest BCUT2D eigenvalue weighted by Crippen LogP contribution is -2.42. The summed E-state index contributed by atoms with van der Waals surface area (Å²) < 4.78 is 0. The lowest BCUT2D eigenvalue weighted by molar-refractivity contribution is -0.115. The first-order valence-electron chi connectivity index (χ1n) is 7.05. The molecule has 0 saturated heterocycles. The maximum Gasteiger partial charge on any atom is 0.243 e. The van der Waals surface area contributed by atoms with E-state index in [1.807, 2.05) is 48.4 Å². The maximum absolute atomic E-state index is 11.9. The van der Waals surface area contributed by atoms with Crippen LogP contribution in [-0.4, -0.2) is 44.0 Å². The molecule has 0 aliphatic rings. The molecule has 1 aromatic carbocycles. The minimum Gasteiger partial charge on any atom is -0.347 e. The number of aliphatic imine (C=N–C) groups is 1. The van der Waals surface area contributed by atoms with E-state index in [0.717, 1.165) is 25.1 Å². The summed E-state index contributed by atoms with van der Waals surface area (Å²) in [6, 6.07) is 9.39. The quantitative estimate of drug-likeness (QED) is 0.236. The number of anilines is 1. The van der Waals surface area contributed by atoms with Gasteiger partial charge in [-0.25, -0.2) is 0 Å². The molecule has 0 aliphatic heterocycles. The summed E-state index contributed by atoms with van der Waals surface area (Å²) in [5, 5.41) is 5.88. The number of hydrogen-bond donors (Lipinski definition) is 2. The molecule has 0 aromatic heterocycles. The van der Waals surface area contributed by atoms with Crippen molar-refractivity contribution in [1.82, 2.24) is 10.2 Å². The fraction of sp³-hybridized carbons (Fsp3) is 0.375. The van der Waals surface area contributed by atoms with Gasteiger partial charge in [-0.15, -0.1) is 30.6 Å². The normalized spacial score (nSPS) is 10.4. The molecule has 0 fully saturated rings. The summed E-state index contributed by atoms with van der Waals surface area (Å²) >= 11 is 0. The Morgan fingerprint density at radius 2 is 2.05 bits per heavy atom. The molecule has 0 radical (unpaired) electrons. The second kappa shape index (κ2) is 12.0. The number of hydrogen-bond acceptors (Lipinski definition) is 2. The average molecular weight is 416 g/mol. The molecular formula is C16H25IN4O. The zero-order valence-corrected chi connectivity index (χ0v) is 15.5. The number of unbranched alkanes of at least 4 members (excludes halogenated alkanes) is 1. The molecule has 0 spiro atoms. The molecule has 0 atom stereocenters. The standard InChI is InChI=1S/C16H24N4O.HI/c1-4-5-9-12-20(3)16(17-2)18-13-15(21)19-14-10-7-6-8-11-14;/h4,6-8,10-11H,1,5,9,12-13H2,2-3H3,(H,17,18)(H,19,21);1H. The van der Waals surface area contributed by atoms with Gasteiger partial charge in [-0.3, -0.25) is 9.79 Å². The number of halogens is 1. The summed E-state index contributed by atoms with van der Waals surface area (Å²) in [6.07, 6.45) is 3.88. The van der Waals surface area contributed by atoms with Crippen molar-refractivity contribution < 1.29 is 4.79 Å². The molecule has 2 N–H and O–H groups in total. The Morgan fingerprint density at radius 1 is 1.36 bits per heavy atom. The van der Waals surface area contributed by atoms with Gasteiger partial charge in [0.25, 0.3) is 0 Å². The van der Waals surface area contributed by atoms with Crippen LogP contribution in [0.25, 0.3) is 0 Å². The monoisotopic (exact) mass is 416 g/mol. The molecule has 1 rings (SSSR count). The number of carbonyl (C=O) groups is 1. The van der Waals surface area contributed by atoms with E-state index in [-0.39, 0.29) is 36.4 Å². The first-order valence-corrected chi connectivity index (χ1v) is 7.05. The van der Waals surface area contributed by atoms with E-state index >= 15 is 0 Å². The van der Waals surface area contributed by atoms with Gasteiger partial charge in [-0.1, -0.05) is 24.3 Å². The Labute approximate surface area is 149 Å².